The van der Waals surface area contributed by atoms with Crippen molar-refractivity contribution in [3.8, 4) is 6.07 Å². The smallest absolute Gasteiger partial charge is 0.308 e. The molecule has 2 aromatic rings. The van der Waals surface area contributed by atoms with Gasteiger partial charge in [-0.1, -0.05) is 23.8 Å². The monoisotopic (exact) mass is 380 g/mol. The molecule has 7 heteroatoms. The molecule has 1 aliphatic rings. The first-order chi connectivity index (χ1) is 13.0. The number of aryl methyl sites for hydroxylation is 3. The average Bonchev–Trinajstić information content (AvgIpc) is 3.00. The number of hydrazone groups is 1. The lowest BCUT2D eigenvalue weighted by Gasteiger charge is -2.09. The molecule has 2 amide bonds. The highest BCUT2D eigenvalue weighted by Crippen LogP contribution is 2.37. The Hall–Kier alpha value is -2.98. The van der Waals surface area contributed by atoms with E-state index in [1.807, 2.05) is 32.0 Å². The third kappa shape index (κ3) is 4.23. The van der Waals surface area contributed by atoms with Crippen LogP contribution in [0.4, 0.5) is 5.00 Å². The molecule has 0 unspecified atom stereocenters. The second-order valence-corrected chi connectivity index (χ2v) is 7.65. The molecule has 1 aliphatic carbocycles. The molecule has 0 bridgehead atoms. The van der Waals surface area contributed by atoms with E-state index < -0.39 is 11.8 Å². The van der Waals surface area contributed by atoms with Crippen LogP contribution in [0.1, 0.15) is 45.5 Å². The number of rotatable bonds is 3. The van der Waals surface area contributed by atoms with Crippen LogP contribution in [-0.2, 0) is 22.4 Å². The number of carbonyl (C=O) groups excluding carboxylic acids is 2. The zero-order valence-electron chi connectivity index (χ0n) is 15.3. The number of thiophene rings is 1. The minimum atomic E-state index is -0.869. The predicted molar refractivity (Wildman–Crippen MR) is 106 cm³/mol. The molecular formula is C20H20N4O2S. The zero-order valence-corrected chi connectivity index (χ0v) is 16.1. The number of nitriles is 1. The molecule has 0 fully saturated rings. The van der Waals surface area contributed by atoms with Gasteiger partial charge in [-0.15, -0.1) is 11.3 Å². The van der Waals surface area contributed by atoms with E-state index >= 15 is 0 Å². The standard InChI is InChI=1S/C20H20N4O2S/c1-12-7-8-14(13(2)9-12)11-22-24-19(26)18(25)23-20-16(10-21)15-5-3-4-6-17(15)27-20/h7-9,11H,3-6H2,1-2H3,(H,23,25)(H,24,26). The summed E-state index contributed by atoms with van der Waals surface area (Å²) < 4.78 is 0. The summed E-state index contributed by atoms with van der Waals surface area (Å²) in [5.41, 5.74) is 6.75. The number of carbonyl (C=O) groups is 2. The first kappa shape index (κ1) is 18.8. The minimum Gasteiger partial charge on any atom is -0.308 e. The van der Waals surface area contributed by atoms with E-state index in [4.69, 9.17) is 0 Å². The van der Waals surface area contributed by atoms with Gasteiger partial charge in [-0.3, -0.25) is 9.59 Å². The van der Waals surface area contributed by atoms with E-state index in [-0.39, 0.29) is 0 Å². The number of fused-ring (bicyclic) bond motifs is 1. The van der Waals surface area contributed by atoms with Crippen molar-refractivity contribution in [2.45, 2.75) is 39.5 Å². The maximum atomic E-state index is 12.1. The summed E-state index contributed by atoms with van der Waals surface area (Å²) in [4.78, 5) is 25.3. The number of hydrogen-bond acceptors (Lipinski definition) is 5. The number of nitrogens with one attached hydrogen (secondary N) is 2. The Labute approximate surface area is 161 Å². The average molecular weight is 380 g/mol. The molecule has 27 heavy (non-hydrogen) atoms. The van der Waals surface area contributed by atoms with E-state index in [1.54, 1.807) is 0 Å². The van der Waals surface area contributed by atoms with Crippen molar-refractivity contribution in [2.24, 2.45) is 5.10 Å². The summed E-state index contributed by atoms with van der Waals surface area (Å²) >= 11 is 1.38. The highest BCUT2D eigenvalue weighted by atomic mass is 32.1. The van der Waals surface area contributed by atoms with Gasteiger partial charge in [0.25, 0.3) is 0 Å². The van der Waals surface area contributed by atoms with Crippen molar-refractivity contribution in [3.63, 3.8) is 0 Å². The number of nitrogens with zero attached hydrogens (tertiary/aromatic N) is 2. The Morgan fingerprint density at radius 1 is 1.22 bits per heavy atom. The van der Waals surface area contributed by atoms with Gasteiger partial charge >= 0.3 is 11.8 Å². The summed E-state index contributed by atoms with van der Waals surface area (Å²) in [6.07, 6.45) is 5.39. The molecular weight excluding hydrogens is 360 g/mol. The van der Waals surface area contributed by atoms with Gasteiger partial charge in [-0.25, -0.2) is 5.43 Å². The largest absolute Gasteiger partial charge is 0.329 e. The highest BCUT2D eigenvalue weighted by molar-refractivity contribution is 7.16. The van der Waals surface area contributed by atoms with Gasteiger partial charge in [0.2, 0.25) is 0 Å². The minimum absolute atomic E-state index is 0.447. The van der Waals surface area contributed by atoms with Crippen molar-refractivity contribution in [1.82, 2.24) is 5.43 Å². The van der Waals surface area contributed by atoms with Crippen molar-refractivity contribution in [2.75, 3.05) is 5.32 Å². The number of amides is 2. The molecule has 3 rings (SSSR count). The lowest BCUT2D eigenvalue weighted by Crippen LogP contribution is -2.32. The van der Waals surface area contributed by atoms with Crippen LogP contribution in [0.5, 0.6) is 0 Å². The predicted octanol–water partition coefficient (Wildman–Crippen LogP) is 3.20. The molecule has 1 aromatic carbocycles. The summed E-state index contributed by atoms with van der Waals surface area (Å²) in [7, 11) is 0. The number of hydrogen-bond donors (Lipinski definition) is 2. The van der Waals surface area contributed by atoms with Crippen molar-refractivity contribution in [3.05, 3.63) is 50.9 Å². The van der Waals surface area contributed by atoms with Crippen LogP contribution in [0.15, 0.2) is 23.3 Å². The fourth-order valence-electron chi connectivity index (χ4n) is 3.11. The van der Waals surface area contributed by atoms with Crippen LogP contribution in [0.3, 0.4) is 0 Å². The quantitative estimate of drug-likeness (QED) is 0.486. The molecule has 0 radical (unpaired) electrons. The Morgan fingerprint density at radius 2 is 2.00 bits per heavy atom. The maximum absolute atomic E-state index is 12.1. The molecule has 0 spiro atoms. The normalized spacial score (nSPS) is 13.1. The fraction of sp³-hybridized carbons (Fsp3) is 0.300. The summed E-state index contributed by atoms with van der Waals surface area (Å²) in [5.74, 6) is -1.70. The summed E-state index contributed by atoms with van der Waals surface area (Å²) in [6.45, 7) is 3.95. The Balaban J connectivity index is 1.65. The van der Waals surface area contributed by atoms with Gasteiger partial charge in [0.1, 0.15) is 11.1 Å². The van der Waals surface area contributed by atoms with Crippen molar-refractivity contribution < 1.29 is 9.59 Å². The maximum Gasteiger partial charge on any atom is 0.329 e. The first-order valence-electron chi connectivity index (χ1n) is 8.76. The van der Waals surface area contributed by atoms with Crippen LogP contribution in [0.2, 0.25) is 0 Å². The molecule has 0 saturated heterocycles. The van der Waals surface area contributed by atoms with Gasteiger partial charge in [0.15, 0.2) is 0 Å². The van der Waals surface area contributed by atoms with Crippen LogP contribution < -0.4 is 10.7 Å². The van der Waals surface area contributed by atoms with Gasteiger partial charge in [-0.05, 0) is 56.2 Å². The van der Waals surface area contributed by atoms with E-state index in [2.05, 4.69) is 21.9 Å². The van der Waals surface area contributed by atoms with E-state index in [0.717, 1.165) is 52.8 Å². The van der Waals surface area contributed by atoms with Crippen LogP contribution >= 0.6 is 11.3 Å². The molecule has 1 heterocycles. The fourth-order valence-corrected chi connectivity index (χ4v) is 4.35. The summed E-state index contributed by atoms with van der Waals surface area (Å²) in [6, 6.07) is 8.02. The molecule has 2 N–H and O–H groups in total. The second kappa shape index (κ2) is 8.14. The number of anilines is 1. The van der Waals surface area contributed by atoms with Crippen LogP contribution in [0, 0.1) is 25.2 Å². The highest BCUT2D eigenvalue weighted by Gasteiger charge is 2.23. The van der Waals surface area contributed by atoms with E-state index in [0.29, 0.717) is 10.6 Å². The summed E-state index contributed by atoms with van der Waals surface area (Å²) in [5, 5.41) is 16.3. The Kier molecular flexibility index (Phi) is 5.67. The first-order valence-corrected chi connectivity index (χ1v) is 9.57. The van der Waals surface area contributed by atoms with Gasteiger partial charge in [-0.2, -0.15) is 10.4 Å². The molecule has 6 nitrogen and oxygen atoms in total. The molecule has 0 atom stereocenters. The van der Waals surface area contributed by atoms with Crippen LogP contribution in [-0.4, -0.2) is 18.0 Å². The number of benzene rings is 1. The van der Waals surface area contributed by atoms with E-state index in [9.17, 15) is 14.9 Å². The van der Waals surface area contributed by atoms with Crippen molar-refractivity contribution in [1.29, 1.82) is 5.26 Å². The SMILES string of the molecule is Cc1ccc(C=NNC(=O)C(=O)Nc2sc3c(c2C#N)CCCC3)c(C)c1. The Bertz CT molecular complexity index is 969. The topological polar surface area (TPSA) is 94.3 Å². The second-order valence-electron chi connectivity index (χ2n) is 6.54. The molecule has 1 aromatic heterocycles. The third-order valence-corrected chi connectivity index (χ3v) is 5.72. The molecule has 138 valence electrons. The lowest BCUT2D eigenvalue weighted by molar-refractivity contribution is -0.136. The Morgan fingerprint density at radius 3 is 2.74 bits per heavy atom. The lowest BCUT2D eigenvalue weighted by atomic mass is 9.96. The molecule has 0 saturated carbocycles. The van der Waals surface area contributed by atoms with Crippen molar-refractivity contribution >= 4 is 34.4 Å². The van der Waals surface area contributed by atoms with Crippen LogP contribution in [0.25, 0.3) is 0 Å². The van der Waals surface area contributed by atoms with Gasteiger partial charge in [0, 0.05) is 4.88 Å². The third-order valence-electron chi connectivity index (χ3n) is 4.51. The van der Waals surface area contributed by atoms with Gasteiger partial charge in [0.05, 0.1) is 11.8 Å². The van der Waals surface area contributed by atoms with Gasteiger partial charge < -0.3 is 5.32 Å². The molecule has 0 aliphatic heterocycles. The van der Waals surface area contributed by atoms with E-state index in [1.165, 1.54) is 17.6 Å². The zero-order chi connectivity index (χ0) is 19.4.